The number of nitro benzene ring substituents is 1. The molecule has 0 unspecified atom stereocenters. The Bertz CT molecular complexity index is 860. The number of anilines is 2. The van der Waals surface area contributed by atoms with Crippen molar-refractivity contribution in [3.63, 3.8) is 0 Å². The fourth-order valence-corrected chi connectivity index (χ4v) is 3.32. The number of rotatable bonds is 5. The third kappa shape index (κ3) is 4.49. The molecule has 2 aromatic rings. The second-order valence-electron chi connectivity index (χ2n) is 6.60. The molecule has 0 aromatic heterocycles. The molecule has 2 N–H and O–H groups in total. The lowest BCUT2D eigenvalue weighted by molar-refractivity contribution is -0.385. The van der Waals surface area contributed by atoms with E-state index in [1.54, 1.807) is 30.3 Å². The summed E-state index contributed by atoms with van der Waals surface area (Å²) in [5, 5.41) is 16.7. The number of carbonyl (C=O) groups is 2. The summed E-state index contributed by atoms with van der Waals surface area (Å²) in [7, 11) is 0. The topological polar surface area (TPSA) is 101 Å². The molecule has 2 amide bonds. The molecule has 0 heterocycles. The Morgan fingerprint density at radius 2 is 1.48 bits per heavy atom. The first-order valence-corrected chi connectivity index (χ1v) is 9.01. The molecular formula is C20H21N3O4. The number of amides is 2. The lowest BCUT2D eigenvalue weighted by Gasteiger charge is -2.21. The van der Waals surface area contributed by atoms with Crippen molar-refractivity contribution < 1.29 is 14.5 Å². The summed E-state index contributed by atoms with van der Waals surface area (Å²) in [5.74, 6) is -0.665. The van der Waals surface area contributed by atoms with Gasteiger partial charge in [0.15, 0.2) is 0 Å². The minimum Gasteiger partial charge on any atom is -0.324 e. The Hall–Kier alpha value is -3.22. The smallest absolute Gasteiger partial charge is 0.282 e. The van der Waals surface area contributed by atoms with E-state index in [1.807, 2.05) is 0 Å². The highest BCUT2D eigenvalue weighted by atomic mass is 16.6. The summed E-state index contributed by atoms with van der Waals surface area (Å²) in [6.45, 7) is 0. The number of hydrogen-bond donors (Lipinski definition) is 2. The van der Waals surface area contributed by atoms with Gasteiger partial charge in [-0.1, -0.05) is 43.5 Å². The highest BCUT2D eigenvalue weighted by Gasteiger charge is 2.23. The number of carbonyl (C=O) groups excluding carboxylic acids is 2. The van der Waals surface area contributed by atoms with Gasteiger partial charge >= 0.3 is 0 Å². The van der Waals surface area contributed by atoms with E-state index in [2.05, 4.69) is 10.6 Å². The Labute approximate surface area is 156 Å². The first-order chi connectivity index (χ1) is 13.1. The molecule has 0 saturated heterocycles. The molecular weight excluding hydrogens is 346 g/mol. The molecule has 7 heteroatoms. The van der Waals surface area contributed by atoms with Gasteiger partial charge in [0.05, 0.1) is 16.3 Å². The molecule has 3 rings (SSSR count). The minimum atomic E-state index is -0.596. The lowest BCUT2D eigenvalue weighted by atomic mass is 9.88. The van der Waals surface area contributed by atoms with Crippen molar-refractivity contribution in [2.45, 2.75) is 32.1 Å². The summed E-state index contributed by atoms with van der Waals surface area (Å²) in [6.07, 6.45) is 5.00. The van der Waals surface area contributed by atoms with Crippen LogP contribution in [0.15, 0.2) is 48.5 Å². The van der Waals surface area contributed by atoms with Gasteiger partial charge in [0.25, 0.3) is 11.6 Å². The second kappa shape index (κ2) is 8.44. The monoisotopic (exact) mass is 367 g/mol. The van der Waals surface area contributed by atoms with E-state index in [1.165, 1.54) is 18.2 Å². The van der Waals surface area contributed by atoms with Crippen LogP contribution in [-0.2, 0) is 4.79 Å². The fourth-order valence-electron chi connectivity index (χ4n) is 3.32. The molecule has 0 radical (unpaired) electrons. The zero-order valence-electron chi connectivity index (χ0n) is 14.8. The highest BCUT2D eigenvalue weighted by molar-refractivity contribution is 6.09. The van der Waals surface area contributed by atoms with E-state index >= 15 is 0 Å². The Morgan fingerprint density at radius 3 is 2.15 bits per heavy atom. The van der Waals surface area contributed by atoms with Crippen LogP contribution in [0.2, 0.25) is 0 Å². The zero-order valence-corrected chi connectivity index (χ0v) is 14.8. The standard InChI is InChI=1S/C20H21N3O4/c24-19(14-8-2-1-3-9-14)21-16-11-5-6-12-17(16)22-20(25)15-10-4-7-13-18(15)23(26)27/h4-7,10-14H,1-3,8-9H2,(H,21,24)(H,22,25). The van der Waals surface area contributed by atoms with E-state index in [0.717, 1.165) is 32.1 Å². The van der Waals surface area contributed by atoms with Gasteiger partial charge in [0, 0.05) is 12.0 Å². The molecule has 1 fully saturated rings. The fraction of sp³-hybridized carbons (Fsp3) is 0.300. The molecule has 140 valence electrons. The molecule has 0 atom stereocenters. The van der Waals surface area contributed by atoms with Crippen LogP contribution in [-0.4, -0.2) is 16.7 Å². The summed E-state index contributed by atoms with van der Waals surface area (Å²) in [6, 6.07) is 12.6. The molecule has 1 aliphatic carbocycles. The predicted molar refractivity (Wildman–Crippen MR) is 103 cm³/mol. The summed E-state index contributed by atoms with van der Waals surface area (Å²) in [5.41, 5.74) is 0.597. The summed E-state index contributed by atoms with van der Waals surface area (Å²) < 4.78 is 0. The van der Waals surface area contributed by atoms with Crippen molar-refractivity contribution in [3.05, 3.63) is 64.2 Å². The van der Waals surface area contributed by atoms with Gasteiger partial charge in [-0.2, -0.15) is 0 Å². The number of nitro groups is 1. The number of nitrogens with one attached hydrogen (secondary N) is 2. The normalized spacial score (nSPS) is 14.4. The minimum absolute atomic E-state index is 0.0160. The van der Waals surface area contributed by atoms with E-state index in [-0.39, 0.29) is 23.1 Å². The molecule has 27 heavy (non-hydrogen) atoms. The van der Waals surface area contributed by atoms with Crippen LogP contribution in [0, 0.1) is 16.0 Å². The summed E-state index contributed by atoms with van der Waals surface area (Å²) in [4.78, 5) is 35.6. The van der Waals surface area contributed by atoms with Crippen molar-refractivity contribution in [1.82, 2.24) is 0 Å². The van der Waals surface area contributed by atoms with Crippen LogP contribution >= 0.6 is 0 Å². The van der Waals surface area contributed by atoms with Gasteiger partial charge in [0.1, 0.15) is 5.56 Å². The van der Waals surface area contributed by atoms with Gasteiger partial charge in [-0.3, -0.25) is 19.7 Å². The van der Waals surface area contributed by atoms with Crippen LogP contribution in [0.1, 0.15) is 42.5 Å². The van der Waals surface area contributed by atoms with Crippen molar-refractivity contribution >= 4 is 28.9 Å². The average molecular weight is 367 g/mol. The second-order valence-corrected chi connectivity index (χ2v) is 6.60. The quantitative estimate of drug-likeness (QED) is 0.605. The van der Waals surface area contributed by atoms with E-state index in [4.69, 9.17) is 0 Å². The Kier molecular flexibility index (Phi) is 5.80. The van der Waals surface area contributed by atoms with Gasteiger partial charge in [-0.25, -0.2) is 0 Å². The van der Waals surface area contributed by atoms with Crippen LogP contribution in [0.25, 0.3) is 0 Å². The largest absolute Gasteiger partial charge is 0.324 e. The highest BCUT2D eigenvalue weighted by Crippen LogP contribution is 2.28. The third-order valence-electron chi connectivity index (χ3n) is 4.75. The van der Waals surface area contributed by atoms with Crippen molar-refractivity contribution in [2.75, 3.05) is 10.6 Å². The number of benzene rings is 2. The van der Waals surface area contributed by atoms with E-state index in [0.29, 0.717) is 11.4 Å². The van der Waals surface area contributed by atoms with Gasteiger partial charge in [-0.15, -0.1) is 0 Å². The predicted octanol–water partition coefficient (Wildman–Crippen LogP) is 4.37. The molecule has 1 saturated carbocycles. The van der Waals surface area contributed by atoms with Crippen molar-refractivity contribution in [1.29, 1.82) is 0 Å². The first-order valence-electron chi connectivity index (χ1n) is 9.01. The lowest BCUT2D eigenvalue weighted by Crippen LogP contribution is -2.25. The SMILES string of the molecule is O=C(Nc1ccccc1NC(=O)C1CCCCC1)c1ccccc1[N+](=O)[O-]. The van der Waals surface area contributed by atoms with Gasteiger partial charge < -0.3 is 10.6 Å². The molecule has 0 aliphatic heterocycles. The maximum Gasteiger partial charge on any atom is 0.282 e. The third-order valence-corrected chi connectivity index (χ3v) is 4.75. The average Bonchev–Trinajstić information content (AvgIpc) is 2.70. The maximum atomic E-state index is 12.6. The molecule has 0 bridgehead atoms. The molecule has 1 aliphatic rings. The molecule has 2 aromatic carbocycles. The Balaban J connectivity index is 1.77. The number of hydrogen-bond acceptors (Lipinski definition) is 4. The molecule has 0 spiro atoms. The van der Waals surface area contributed by atoms with E-state index < -0.39 is 10.8 Å². The van der Waals surface area contributed by atoms with Crippen molar-refractivity contribution in [2.24, 2.45) is 5.92 Å². The Morgan fingerprint density at radius 1 is 0.889 bits per heavy atom. The van der Waals surface area contributed by atoms with Crippen LogP contribution in [0.5, 0.6) is 0 Å². The van der Waals surface area contributed by atoms with Gasteiger partial charge in [0.2, 0.25) is 5.91 Å². The van der Waals surface area contributed by atoms with Crippen LogP contribution < -0.4 is 10.6 Å². The number of nitrogens with zero attached hydrogens (tertiary/aromatic N) is 1. The first kappa shape index (κ1) is 18.6. The maximum absolute atomic E-state index is 12.6. The molecule has 7 nitrogen and oxygen atoms in total. The number of para-hydroxylation sites is 3. The zero-order chi connectivity index (χ0) is 19.2. The van der Waals surface area contributed by atoms with Gasteiger partial charge in [-0.05, 0) is 31.0 Å². The summed E-state index contributed by atoms with van der Waals surface area (Å²) >= 11 is 0. The van der Waals surface area contributed by atoms with Crippen LogP contribution in [0.4, 0.5) is 17.1 Å². The van der Waals surface area contributed by atoms with Crippen LogP contribution in [0.3, 0.4) is 0 Å². The van der Waals surface area contributed by atoms with Crippen molar-refractivity contribution in [3.8, 4) is 0 Å². The van der Waals surface area contributed by atoms with E-state index in [9.17, 15) is 19.7 Å².